The highest BCUT2D eigenvalue weighted by Crippen LogP contribution is 2.37. The molecule has 0 spiro atoms. The average molecular weight is 376 g/mol. The van der Waals surface area contributed by atoms with Gasteiger partial charge in [0.2, 0.25) is 0 Å². The van der Waals surface area contributed by atoms with E-state index < -0.39 is 5.67 Å². The molecule has 1 fully saturated rings. The minimum atomic E-state index is -1.18. The maximum absolute atomic E-state index is 14.8. The van der Waals surface area contributed by atoms with Crippen molar-refractivity contribution in [3.63, 3.8) is 0 Å². The van der Waals surface area contributed by atoms with Gasteiger partial charge in [0.05, 0.1) is 24.0 Å². The lowest BCUT2D eigenvalue weighted by Gasteiger charge is -2.15. The van der Waals surface area contributed by atoms with Gasteiger partial charge >= 0.3 is 0 Å². The van der Waals surface area contributed by atoms with E-state index in [9.17, 15) is 4.39 Å². The van der Waals surface area contributed by atoms with Gasteiger partial charge in [-0.15, -0.1) is 0 Å². The van der Waals surface area contributed by atoms with Crippen LogP contribution in [0, 0.1) is 6.92 Å². The van der Waals surface area contributed by atoms with Crippen molar-refractivity contribution >= 4 is 5.65 Å². The topological polar surface area (TPSA) is 56.2 Å². The number of oxazole rings is 1. The second kappa shape index (κ2) is 6.55. The second-order valence-electron chi connectivity index (χ2n) is 7.62. The van der Waals surface area contributed by atoms with E-state index in [0.717, 1.165) is 41.0 Å². The van der Waals surface area contributed by atoms with Crippen molar-refractivity contribution in [2.75, 3.05) is 0 Å². The maximum atomic E-state index is 14.8. The van der Waals surface area contributed by atoms with Crippen LogP contribution in [0.15, 0.2) is 53.5 Å². The van der Waals surface area contributed by atoms with Crippen molar-refractivity contribution in [3.05, 3.63) is 60.6 Å². The molecule has 6 heteroatoms. The molecule has 1 aliphatic carbocycles. The predicted molar refractivity (Wildman–Crippen MR) is 105 cm³/mol. The monoisotopic (exact) mass is 376 g/mol. The largest absolute Gasteiger partial charge is 0.441 e. The van der Waals surface area contributed by atoms with Crippen LogP contribution < -0.4 is 0 Å². The van der Waals surface area contributed by atoms with Crippen molar-refractivity contribution in [1.29, 1.82) is 0 Å². The molecular weight excluding hydrogens is 355 g/mol. The van der Waals surface area contributed by atoms with E-state index in [-0.39, 0.29) is 6.42 Å². The fourth-order valence-electron chi connectivity index (χ4n) is 4.06. The van der Waals surface area contributed by atoms with Gasteiger partial charge in [0.1, 0.15) is 11.3 Å². The summed E-state index contributed by atoms with van der Waals surface area (Å²) >= 11 is 0. The molecule has 4 heterocycles. The van der Waals surface area contributed by atoms with Crippen LogP contribution in [-0.4, -0.2) is 25.0 Å². The average Bonchev–Trinajstić information content (AvgIpc) is 3.41. The molecule has 0 aliphatic heterocycles. The summed E-state index contributed by atoms with van der Waals surface area (Å²) in [6.07, 6.45) is 10.7. The minimum absolute atomic E-state index is 0.238. The predicted octanol–water partition coefficient (Wildman–Crippen LogP) is 5.18. The van der Waals surface area contributed by atoms with Crippen LogP contribution in [0.2, 0.25) is 0 Å². The van der Waals surface area contributed by atoms with Crippen LogP contribution in [0.3, 0.4) is 0 Å². The van der Waals surface area contributed by atoms with Crippen molar-refractivity contribution in [3.8, 4) is 22.6 Å². The Labute approximate surface area is 162 Å². The standard InChI is InChI=1S/C22H21FN4O/c1-15-14-27-10-6-16(11-19(27)26-15)21-17(5-4-9-24-21)18-13-25-20(28-18)12-22(23)7-2-3-8-22/h4-6,9-11,13-14H,2-3,7-8,12H2,1H3. The van der Waals surface area contributed by atoms with E-state index in [0.29, 0.717) is 24.5 Å². The number of aromatic nitrogens is 4. The zero-order chi connectivity index (χ0) is 19.1. The zero-order valence-corrected chi connectivity index (χ0v) is 15.7. The molecule has 142 valence electrons. The summed E-state index contributed by atoms with van der Waals surface area (Å²) in [5.41, 5.74) is 3.24. The Kier molecular flexibility index (Phi) is 4.00. The maximum Gasteiger partial charge on any atom is 0.198 e. The number of alkyl halides is 1. The summed E-state index contributed by atoms with van der Waals surface area (Å²) < 4.78 is 22.7. The fourth-order valence-corrected chi connectivity index (χ4v) is 4.06. The number of hydrogen-bond donors (Lipinski definition) is 0. The van der Waals surface area contributed by atoms with E-state index in [1.54, 1.807) is 12.4 Å². The Bertz CT molecular complexity index is 1140. The van der Waals surface area contributed by atoms with Crippen LogP contribution >= 0.6 is 0 Å². The smallest absolute Gasteiger partial charge is 0.198 e. The van der Waals surface area contributed by atoms with E-state index in [4.69, 9.17) is 4.42 Å². The van der Waals surface area contributed by atoms with Gasteiger partial charge in [-0.05, 0) is 44.0 Å². The van der Waals surface area contributed by atoms with E-state index in [1.165, 1.54) is 0 Å². The van der Waals surface area contributed by atoms with Gasteiger partial charge in [-0.1, -0.05) is 12.8 Å². The molecule has 1 aliphatic rings. The Balaban J connectivity index is 1.51. The Morgan fingerprint density at radius 3 is 2.93 bits per heavy atom. The van der Waals surface area contributed by atoms with Gasteiger partial charge in [0, 0.05) is 29.7 Å². The van der Waals surface area contributed by atoms with E-state index in [1.807, 2.05) is 48.0 Å². The lowest BCUT2D eigenvalue weighted by atomic mass is 10.0. The molecule has 0 aromatic carbocycles. The number of pyridine rings is 2. The molecule has 1 saturated carbocycles. The van der Waals surface area contributed by atoms with Gasteiger partial charge in [-0.3, -0.25) is 4.98 Å². The quantitative estimate of drug-likeness (QED) is 0.492. The van der Waals surface area contributed by atoms with Crippen LogP contribution in [-0.2, 0) is 6.42 Å². The lowest BCUT2D eigenvalue weighted by Crippen LogP contribution is -2.21. The summed E-state index contributed by atoms with van der Waals surface area (Å²) in [6.45, 7) is 1.97. The number of rotatable bonds is 4. The van der Waals surface area contributed by atoms with Crippen molar-refractivity contribution in [2.24, 2.45) is 0 Å². The highest BCUT2D eigenvalue weighted by Gasteiger charge is 2.35. The summed E-state index contributed by atoms with van der Waals surface area (Å²) in [5.74, 6) is 1.06. The van der Waals surface area contributed by atoms with Gasteiger partial charge in [-0.25, -0.2) is 14.4 Å². The first-order valence-electron chi connectivity index (χ1n) is 9.64. The Hall–Kier alpha value is -3.02. The molecule has 0 amide bonds. The highest BCUT2D eigenvalue weighted by molar-refractivity contribution is 5.79. The molecule has 4 aromatic rings. The molecule has 28 heavy (non-hydrogen) atoms. The molecule has 4 aromatic heterocycles. The van der Waals surface area contributed by atoms with Gasteiger partial charge in [0.25, 0.3) is 0 Å². The molecule has 5 nitrogen and oxygen atoms in total. The molecule has 0 radical (unpaired) electrons. The number of hydrogen-bond acceptors (Lipinski definition) is 4. The van der Waals surface area contributed by atoms with Crippen LogP contribution in [0.1, 0.15) is 37.3 Å². The molecule has 0 unspecified atom stereocenters. The number of halogens is 1. The normalized spacial score (nSPS) is 16.1. The van der Waals surface area contributed by atoms with Gasteiger partial charge in [-0.2, -0.15) is 0 Å². The SMILES string of the molecule is Cc1cn2ccc(-c3ncccc3-c3cnc(CC4(F)CCCC4)o3)cc2n1. The van der Waals surface area contributed by atoms with E-state index in [2.05, 4.69) is 15.0 Å². The molecule has 0 saturated heterocycles. The minimum Gasteiger partial charge on any atom is -0.441 e. The number of imidazole rings is 1. The number of nitrogens with zero attached hydrogens (tertiary/aromatic N) is 4. The third kappa shape index (κ3) is 3.09. The summed E-state index contributed by atoms with van der Waals surface area (Å²) in [5, 5.41) is 0. The van der Waals surface area contributed by atoms with Crippen molar-refractivity contribution in [2.45, 2.75) is 44.7 Å². The summed E-state index contributed by atoms with van der Waals surface area (Å²) in [6, 6.07) is 7.83. The van der Waals surface area contributed by atoms with Gasteiger partial charge in [0.15, 0.2) is 11.7 Å². The first-order chi connectivity index (χ1) is 13.6. The number of aryl methyl sites for hydroxylation is 1. The Morgan fingerprint density at radius 1 is 1.21 bits per heavy atom. The van der Waals surface area contributed by atoms with Crippen molar-refractivity contribution < 1.29 is 8.81 Å². The fraction of sp³-hybridized carbons (Fsp3) is 0.318. The zero-order valence-electron chi connectivity index (χ0n) is 15.7. The summed E-state index contributed by atoms with van der Waals surface area (Å²) in [7, 11) is 0. The molecule has 0 atom stereocenters. The first kappa shape index (κ1) is 17.1. The van der Waals surface area contributed by atoms with Crippen LogP contribution in [0.4, 0.5) is 4.39 Å². The third-order valence-corrected chi connectivity index (χ3v) is 5.45. The van der Waals surface area contributed by atoms with E-state index >= 15 is 0 Å². The summed E-state index contributed by atoms with van der Waals surface area (Å²) in [4.78, 5) is 13.4. The van der Waals surface area contributed by atoms with Crippen LogP contribution in [0.25, 0.3) is 28.2 Å². The first-order valence-corrected chi connectivity index (χ1v) is 9.64. The molecule has 5 rings (SSSR count). The van der Waals surface area contributed by atoms with Crippen molar-refractivity contribution in [1.82, 2.24) is 19.4 Å². The molecule has 0 N–H and O–H groups in total. The lowest BCUT2D eigenvalue weighted by molar-refractivity contribution is 0.161. The highest BCUT2D eigenvalue weighted by atomic mass is 19.1. The third-order valence-electron chi connectivity index (χ3n) is 5.45. The molecular formula is C22H21FN4O. The van der Waals surface area contributed by atoms with Gasteiger partial charge < -0.3 is 8.82 Å². The second-order valence-corrected chi connectivity index (χ2v) is 7.62. The van der Waals surface area contributed by atoms with Crippen LogP contribution in [0.5, 0.6) is 0 Å². The Morgan fingerprint density at radius 2 is 2.07 bits per heavy atom. The number of fused-ring (bicyclic) bond motifs is 1. The molecule has 0 bridgehead atoms.